The van der Waals surface area contributed by atoms with E-state index >= 15 is 0 Å². The quantitative estimate of drug-likeness (QED) is 0.163. The van der Waals surface area contributed by atoms with Crippen molar-refractivity contribution in [3.8, 4) is 33.4 Å². The van der Waals surface area contributed by atoms with Crippen molar-refractivity contribution in [3.63, 3.8) is 0 Å². The Bertz CT molecular complexity index is 1360. The lowest BCUT2D eigenvalue weighted by atomic mass is 9.86. The first-order valence-corrected chi connectivity index (χ1v) is 15.4. The van der Waals surface area contributed by atoms with Crippen molar-refractivity contribution in [2.24, 2.45) is 0 Å². The topological polar surface area (TPSA) is 51.2 Å². The van der Waals surface area contributed by atoms with E-state index in [1.807, 2.05) is 0 Å². The van der Waals surface area contributed by atoms with Crippen LogP contribution in [0.3, 0.4) is 0 Å². The Morgan fingerprint density at radius 1 is 0.333 bits per heavy atom. The van der Waals surface area contributed by atoms with E-state index in [0.717, 1.165) is 141 Å². The maximum atomic E-state index is 12.0. The summed E-state index contributed by atoms with van der Waals surface area (Å²) in [4.78, 5) is 36.0. The third-order valence-corrected chi connectivity index (χ3v) is 8.63. The maximum Gasteiger partial charge on any atom is 0.150 e. The van der Waals surface area contributed by atoms with Gasteiger partial charge < -0.3 is 0 Å². The fourth-order valence-corrected chi connectivity index (χ4v) is 6.17. The molecule has 0 heterocycles. The molecular formula is C39H42O3. The number of hydrogen-bond acceptors (Lipinski definition) is 3. The van der Waals surface area contributed by atoms with Gasteiger partial charge in [-0.1, -0.05) is 77.9 Å². The molecule has 4 rings (SSSR count). The van der Waals surface area contributed by atoms with Gasteiger partial charge in [0.15, 0.2) is 18.9 Å². The Labute approximate surface area is 251 Å². The monoisotopic (exact) mass is 558 g/mol. The molecule has 4 aromatic rings. The number of rotatable bonds is 12. The molecule has 0 N–H and O–H groups in total. The minimum atomic E-state index is 0.779. The van der Waals surface area contributed by atoms with Crippen LogP contribution in [0.15, 0.2) is 54.6 Å². The number of aldehydes is 3. The summed E-state index contributed by atoms with van der Waals surface area (Å²) >= 11 is 0. The molecule has 0 aromatic heterocycles. The van der Waals surface area contributed by atoms with Crippen LogP contribution < -0.4 is 0 Å². The lowest BCUT2D eigenvalue weighted by Crippen LogP contribution is -2.01. The minimum absolute atomic E-state index is 0.779. The Balaban J connectivity index is 2.07. The highest BCUT2D eigenvalue weighted by molar-refractivity contribution is 5.88. The molecule has 0 saturated carbocycles. The van der Waals surface area contributed by atoms with Crippen molar-refractivity contribution in [1.82, 2.24) is 0 Å². The fraction of sp³-hybridized carbons (Fsp3) is 0.308. The maximum absolute atomic E-state index is 12.0. The number of carbonyl (C=O) groups excluding carboxylic acids is 3. The second kappa shape index (κ2) is 13.7. The van der Waals surface area contributed by atoms with E-state index in [1.54, 1.807) is 0 Å². The molecule has 0 aliphatic carbocycles. The van der Waals surface area contributed by atoms with E-state index in [0.29, 0.717) is 0 Å². The Kier molecular flexibility index (Phi) is 10.1. The Hall–Kier alpha value is -4.11. The summed E-state index contributed by atoms with van der Waals surface area (Å²) in [5.41, 5.74) is 15.2. The van der Waals surface area contributed by atoms with Crippen LogP contribution in [0.25, 0.3) is 33.4 Å². The van der Waals surface area contributed by atoms with Crippen molar-refractivity contribution in [2.45, 2.75) is 80.1 Å². The highest BCUT2D eigenvalue weighted by Crippen LogP contribution is 2.37. The van der Waals surface area contributed by atoms with E-state index in [4.69, 9.17) is 0 Å². The molecule has 0 radical (unpaired) electrons. The second-order valence-electron chi connectivity index (χ2n) is 10.9. The van der Waals surface area contributed by atoms with Crippen LogP contribution in [0.2, 0.25) is 0 Å². The molecular weight excluding hydrogens is 516 g/mol. The highest BCUT2D eigenvalue weighted by atomic mass is 16.1. The van der Waals surface area contributed by atoms with Gasteiger partial charge in [0.25, 0.3) is 0 Å². The Morgan fingerprint density at radius 2 is 0.500 bits per heavy atom. The molecule has 0 aliphatic rings. The molecule has 0 fully saturated rings. The van der Waals surface area contributed by atoms with Gasteiger partial charge in [-0.2, -0.15) is 0 Å². The van der Waals surface area contributed by atoms with E-state index in [9.17, 15) is 14.4 Å². The number of benzene rings is 4. The van der Waals surface area contributed by atoms with E-state index in [2.05, 4.69) is 96.1 Å². The average molecular weight is 559 g/mol. The van der Waals surface area contributed by atoms with Crippen LogP contribution in [0, 0.1) is 0 Å². The summed E-state index contributed by atoms with van der Waals surface area (Å²) in [6, 6.07) is 19.6. The molecule has 0 spiro atoms. The summed E-state index contributed by atoms with van der Waals surface area (Å²) in [7, 11) is 0. The molecule has 0 saturated heterocycles. The fourth-order valence-electron chi connectivity index (χ4n) is 6.17. The summed E-state index contributed by atoms with van der Waals surface area (Å²) < 4.78 is 0. The molecule has 0 amide bonds. The van der Waals surface area contributed by atoms with Gasteiger partial charge in [-0.3, -0.25) is 14.4 Å². The van der Waals surface area contributed by atoms with Crippen LogP contribution in [0.5, 0.6) is 0 Å². The van der Waals surface area contributed by atoms with Crippen molar-refractivity contribution in [1.29, 1.82) is 0 Å². The van der Waals surface area contributed by atoms with Crippen LogP contribution in [0.1, 0.15) is 106 Å². The first-order valence-electron chi connectivity index (χ1n) is 15.4. The lowest BCUT2D eigenvalue weighted by molar-refractivity contribution is 0.111. The molecule has 0 bridgehead atoms. The third kappa shape index (κ3) is 5.92. The largest absolute Gasteiger partial charge is 0.298 e. The number of aryl methyl sites for hydroxylation is 6. The van der Waals surface area contributed by atoms with Gasteiger partial charge >= 0.3 is 0 Å². The van der Waals surface area contributed by atoms with Gasteiger partial charge in [0.05, 0.1) is 0 Å². The minimum Gasteiger partial charge on any atom is -0.298 e. The predicted octanol–water partition coefficient (Wildman–Crippen LogP) is 9.50. The zero-order valence-corrected chi connectivity index (χ0v) is 25.9. The summed E-state index contributed by atoms with van der Waals surface area (Å²) in [5.74, 6) is 0. The zero-order valence-electron chi connectivity index (χ0n) is 25.9. The predicted molar refractivity (Wildman–Crippen MR) is 175 cm³/mol. The van der Waals surface area contributed by atoms with Crippen molar-refractivity contribution >= 4 is 18.9 Å². The lowest BCUT2D eigenvalue weighted by Gasteiger charge is -2.18. The number of hydrogen-bond donors (Lipinski definition) is 0. The van der Waals surface area contributed by atoms with Crippen LogP contribution in [-0.4, -0.2) is 18.9 Å². The standard InChI is InChI=1S/C39H42O3/c1-7-25-13-31(14-26(8-2)37(25)22-40)34-19-35(32-15-27(9-3)38(23-41)28(10-4)16-32)21-36(20-34)33-17-29(11-5)39(24-42)30(12-6)18-33/h13-24H,7-12H2,1-6H3. The smallest absolute Gasteiger partial charge is 0.150 e. The van der Waals surface area contributed by atoms with E-state index < -0.39 is 0 Å². The third-order valence-electron chi connectivity index (χ3n) is 8.63. The van der Waals surface area contributed by atoms with Gasteiger partial charge in [-0.25, -0.2) is 0 Å². The summed E-state index contributed by atoms with van der Waals surface area (Å²) in [6.45, 7) is 12.5. The Morgan fingerprint density at radius 3 is 0.643 bits per heavy atom. The van der Waals surface area contributed by atoms with Gasteiger partial charge in [0.2, 0.25) is 0 Å². The summed E-state index contributed by atoms with van der Waals surface area (Å²) in [6.07, 6.45) is 7.64. The molecule has 3 heteroatoms. The first kappa shape index (κ1) is 30.8. The molecule has 0 unspecified atom stereocenters. The summed E-state index contributed by atoms with van der Waals surface area (Å²) in [5, 5.41) is 0. The van der Waals surface area contributed by atoms with Gasteiger partial charge in [0.1, 0.15) is 0 Å². The van der Waals surface area contributed by atoms with Crippen LogP contribution in [-0.2, 0) is 38.5 Å². The molecule has 216 valence electrons. The van der Waals surface area contributed by atoms with Crippen LogP contribution in [0.4, 0.5) is 0 Å². The van der Waals surface area contributed by atoms with Gasteiger partial charge in [-0.15, -0.1) is 0 Å². The SMILES string of the molecule is CCc1cc(-c2cc(-c3cc(CC)c(C=O)c(CC)c3)cc(-c3cc(CC)c(C=O)c(CC)c3)c2)cc(CC)c1C=O. The van der Waals surface area contributed by atoms with E-state index in [1.165, 1.54) is 0 Å². The zero-order chi connectivity index (χ0) is 30.4. The average Bonchev–Trinajstić information content (AvgIpc) is 3.05. The normalized spacial score (nSPS) is 11.0. The first-order chi connectivity index (χ1) is 20.4. The van der Waals surface area contributed by atoms with Crippen LogP contribution >= 0.6 is 0 Å². The van der Waals surface area contributed by atoms with E-state index in [-0.39, 0.29) is 0 Å². The number of carbonyl (C=O) groups is 3. The highest BCUT2D eigenvalue weighted by Gasteiger charge is 2.16. The van der Waals surface area contributed by atoms with Crippen molar-refractivity contribution in [3.05, 3.63) is 105 Å². The second-order valence-corrected chi connectivity index (χ2v) is 10.9. The molecule has 4 aromatic carbocycles. The van der Waals surface area contributed by atoms with Crippen molar-refractivity contribution < 1.29 is 14.4 Å². The molecule has 0 aliphatic heterocycles. The van der Waals surface area contributed by atoms with Crippen molar-refractivity contribution in [2.75, 3.05) is 0 Å². The molecule has 42 heavy (non-hydrogen) atoms. The van der Waals surface area contributed by atoms with Gasteiger partial charge in [-0.05, 0) is 123 Å². The molecule has 0 atom stereocenters. The van der Waals surface area contributed by atoms with Gasteiger partial charge in [0, 0.05) is 16.7 Å². The molecule has 3 nitrogen and oxygen atoms in total.